The third-order valence-electron chi connectivity index (χ3n) is 4.37. The first kappa shape index (κ1) is 20.4. The molecule has 0 atom stereocenters. The standard InChI is InChI=1S/C22H17N3O5/c1-30-22(29)17-7-2-4-8-18(17)24-21(28)14(11-23)10-15-12-25(13-20(26)27)19-9-5-3-6-16(15)19/h2-10,12H,13H2,1H3,(H,24,28)(H,26,27). The predicted molar refractivity (Wildman–Crippen MR) is 110 cm³/mol. The Bertz CT molecular complexity index is 1220. The van der Waals surface area contributed by atoms with Crippen LogP contribution in [0.4, 0.5) is 5.69 Å². The van der Waals surface area contributed by atoms with Gasteiger partial charge in [0.2, 0.25) is 0 Å². The average molecular weight is 403 g/mol. The first-order valence-corrected chi connectivity index (χ1v) is 8.84. The van der Waals surface area contributed by atoms with Crippen molar-refractivity contribution in [3.63, 3.8) is 0 Å². The molecule has 8 heteroatoms. The number of carbonyl (C=O) groups is 3. The molecular formula is C22H17N3O5. The third-order valence-corrected chi connectivity index (χ3v) is 4.37. The Morgan fingerprint density at radius 3 is 2.57 bits per heavy atom. The van der Waals surface area contributed by atoms with Crippen molar-refractivity contribution in [2.75, 3.05) is 12.4 Å². The van der Waals surface area contributed by atoms with Crippen molar-refractivity contribution in [2.24, 2.45) is 0 Å². The van der Waals surface area contributed by atoms with E-state index in [4.69, 9.17) is 9.84 Å². The van der Waals surface area contributed by atoms with Crippen LogP contribution in [0.25, 0.3) is 17.0 Å². The lowest BCUT2D eigenvalue weighted by atomic mass is 10.1. The maximum Gasteiger partial charge on any atom is 0.339 e. The summed E-state index contributed by atoms with van der Waals surface area (Å²) in [5.74, 6) is -2.34. The van der Waals surface area contributed by atoms with Crippen LogP contribution in [-0.4, -0.2) is 34.6 Å². The van der Waals surface area contributed by atoms with Crippen LogP contribution in [0.1, 0.15) is 15.9 Å². The number of nitrogens with zero attached hydrogens (tertiary/aromatic N) is 2. The molecule has 1 heterocycles. The smallest absolute Gasteiger partial charge is 0.339 e. The number of para-hydroxylation sites is 2. The van der Waals surface area contributed by atoms with Gasteiger partial charge in [-0.15, -0.1) is 0 Å². The van der Waals surface area contributed by atoms with Crippen LogP contribution in [0.2, 0.25) is 0 Å². The Hall–Kier alpha value is -4.38. The van der Waals surface area contributed by atoms with E-state index in [1.165, 1.54) is 29.9 Å². The second kappa shape index (κ2) is 8.75. The van der Waals surface area contributed by atoms with Gasteiger partial charge in [-0.3, -0.25) is 9.59 Å². The Labute approximate surface area is 171 Å². The topological polar surface area (TPSA) is 121 Å². The molecule has 3 aromatic rings. The van der Waals surface area contributed by atoms with E-state index < -0.39 is 17.8 Å². The second-order valence-corrected chi connectivity index (χ2v) is 6.28. The van der Waals surface area contributed by atoms with Gasteiger partial charge >= 0.3 is 11.9 Å². The number of carboxylic acids is 1. The first-order valence-electron chi connectivity index (χ1n) is 8.84. The van der Waals surface area contributed by atoms with Crippen LogP contribution < -0.4 is 5.32 Å². The summed E-state index contributed by atoms with van der Waals surface area (Å²) < 4.78 is 6.23. The van der Waals surface area contributed by atoms with Crippen molar-refractivity contribution in [3.8, 4) is 6.07 Å². The first-order chi connectivity index (χ1) is 14.4. The lowest BCUT2D eigenvalue weighted by molar-refractivity contribution is -0.137. The number of benzene rings is 2. The summed E-state index contributed by atoms with van der Waals surface area (Å²) in [5.41, 5.74) is 1.36. The predicted octanol–water partition coefficient (Wildman–Crippen LogP) is 3.06. The lowest BCUT2D eigenvalue weighted by Crippen LogP contribution is -2.16. The van der Waals surface area contributed by atoms with Crippen molar-refractivity contribution in [1.82, 2.24) is 4.57 Å². The number of hydrogen-bond donors (Lipinski definition) is 2. The summed E-state index contributed by atoms with van der Waals surface area (Å²) in [6.07, 6.45) is 2.96. The zero-order valence-electron chi connectivity index (χ0n) is 16.0. The van der Waals surface area contributed by atoms with Crippen LogP contribution in [0.3, 0.4) is 0 Å². The van der Waals surface area contributed by atoms with Gasteiger partial charge in [0.15, 0.2) is 0 Å². The van der Waals surface area contributed by atoms with Crippen molar-refractivity contribution in [2.45, 2.75) is 6.54 Å². The van der Waals surface area contributed by atoms with E-state index in [-0.39, 0.29) is 23.4 Å². The van der Waals surface area contributed by atoms with E-state index in [0.717, 1.165) is 0 Å². The van der Waals surface area contributed by atoms with Crippen LogP contribution in [-0.2, 0) is 20.9 Å². The van der Waals surface area contributed by atoms with E-state index >= 15 is 0 Å². The third kappa shape index (κ3) is 4.20. The summed E-state index contributed by atoms with van der Waals surface area (Å²) >= 11 is 0. The fourth-order valence-corrected chi connectivity index (χ4v) is 3.04. The number of aliphatic carboxylic acids is 1. The minimum Gasteiger partial charge on any atom is -0.480 e. The number of carbonyl (C=O) groups excluding carboxylic acids is 2. The number of ether oxygens (including phenoxy) is 1. The van der Waals surface area contributed by atoms with Gasteiger partial charge in [0.25, 0.3) is 5.91 Å². The zero-order chi connectivity index (χ0) is 21.7. The van der Waals surface area contributed by atoms with E-state index in [1.54, 1.807) is 42.6 Å². The molecule has 8 nitrogen and oxygen atoms in total. The van der Waals surface area contributed by atoms with Gasteiger partial charge < -0.3 is 19.7 Å². The number of fused-ring (bicyclic) bond motifs is 1. The molecule has 1 amide bonds. The molecule has 0 unspecified atom stereocenters. The number of nitriles is 1. The number of amides is 1. The molecule has 0 aliphatic heterocycles. The quantitative estimate of drug-likeness (QED) is 0.371. The van der Waals surface area contributed by atoms with Crippen LogP contribution in [0.15, 0.2) is 60.3 Å². The SMILES string of the molecule is COC(=O)c1ccccc1NC(=O)C(C#N)=Cc1cn(CC(=O)O)c2ccccc12. The molecule has 0 aliphatic rings. The minimum atomic E-state index is -1.01. The molecule has 0 saturated heterocycles. The van der Waals surface area contributed by atoms with Crippen molar-refractivity contribution < 1.29 is 24.2 Å². The highest BCUT2D eigenvalue weighted by atomic mass is 16.5. The van der Waals surface area contributed by atoms with Gasteiger partial charge in [0.05, 0.1) is 18.4 Å². The molecule has 0 radical (unpaired) electrons. The number of rotatable bonds is 6. The average Bonchev–Trinajstić information content (AvgIpc) is 3.08. The van der Waals surface area contributed by atoms with Gasteiger partial charge in [-0.1, -0.05) is 30.3 Å². The Morgan fingerprint density at radius 2 is 1.87 bits per heavy atom. The number of nitrogens with one attached hydrogen (secondary N) is 1. The summed E-state index contributed by atoms with van der Waals surface area (Å²) in [6, 6.07) is 15.2. The number of methoxy groups -OCH3 is 1. The van der Waals surface area contributed by atoms with Gasteiger partial charge in [-0.05, 0) is 24.3 Å². The van der Waals surface area contributed by atoms with E-state index in [1.807, 2.05) is 6.07 Å². The van der Waals surface area contributed by atoms with E-state index in [2.05, 4.69) is 5.32 Å². The van der Waals surface area contributed by atoms with Crippen LogP contribution in [0, 0.1) is 11.3 Å². The summed E-state index contributed by atoms with van der Waals surface area (Å²) in [4.78, 5) is 35.7. The molecule has 0 saturated carbocycles. The molecule has 0 fully saturated rings. The van der Waals surface area contributed by atoms with Crippen molar-refractivity contribution in [3.05, 3.63) is 71.4 Å². The largest absolute Gasteiger partial charge is 0.480 e. The summed E-state index contributed by atoms with van der Waals surface area (Å²) in [7, 11) is 1.23. The van der Waals surface area contributed by atoms with E-state index in [0.29, 0.717) is 16.5 Å². The summed E-state index contributed by atoms with van der Waals surface area (Å²) in [6.45, 7) is -0.255. The molecule has 150 valence electrons. The highest BCUT2D eigenvalue weighted by molar-refractivity contribution is 6.12. The number of anilines is 1. The Morgan fingerprint density at radius 1 is 1.17 bits per heavy atom. The molecule has 1 aromatic heterocycles. The van der Waals surface area contributed by atoms with Gasteiger partial charge in [-0.2, -0.15) is 5.26 Å². The molecule has 0 spiro atoms. The van der Waals surface area contributed by atoms with Gasteiger partial charge in [-0.25, -0.2) is 4.79 Å². The maximum atomic E-state index is 12.7. The van der Waals surface area contributed by atoms with Gasteiger partial charge in [0, 0.05) is 22.7 Å². The molecule has 0 bridgehead atoms. The molecule has 0 aliphatic carbocycles. The fraction of sp³-hybridized carbons (Fsp3) is 0.0909. The van der Waals surface area contributed by atoms with Crippen LogP contribution in [0.5, 0.6) is 0 Å². The van der Waals surface area contributed by atoms with Crippen molar-refractivity contribution in [1.29, 1.82) is 5.26 Å². The van der Waals surface area contributed by atoms with Crippen LogP contribution >= 0.6 is 0 Å². The Balaban J connectivity index is 1.98. The number of aromatic nitrogens is 1. The highest BCUT2D eigenvalue weighted by Gasteiger charge is 2.17. The second-order valence-electron chi connectivity index (χ2n) is 6.28. The minimum absolute atomic E-state index is 0.156. The fourth-order valence-electron chi connectivity index (χ4n) is 3.04. The molecule has 30 heavy (non-hydrogen) atoms. The normalized spacial score (nSPS) is 11.0. The maximum absolute atomic E-state index is 12.7. The molecule has 2 aromatic carbocycles. The van der Waals surface area contributed by atoms with Gasteiger partial charge in [0.1, 0.15) is 18.2 Å². The molecule has 3 rings (SSSR count). The molecular weight excluding hydrogens is 386 g/mol. The zero-order valence-corrected chi connectivity index (χ0v) is 16.0. The number of esters is 1. The number of carboxylic acid groups (broad SMARTS) is 1. The summed E-state index contributed by atoms with van der Waals surface area (Å²) in [5, 5.41) is 21.9. The number of hydrogen-bond acceptors (Lipinski definition) is 5. The Kier molecular flexibility index (Phi) is 5.94. The highest BCUT2D eigenvalue weighted by Crippen LogP contribution is 2.24. The molecule has 2 N–H and O–H groups in total. The monoisotopic (exact) mass is 403 g/mol. The lowest BCUT2D eigenvalue weighted by Gasteiger charge is -2.09. The van der Waals surface area contributed by atoms with Crippen molar-refractivity contribution >= 4 is 40.5 Å². The van der Waals surface area contributed by atoms with E-state index in [9.17, 15) is 19.6 Å².